The predicted molar refractivity (Wildman–Crippen MR) is 341 cm³/mol. The summed E-state index contributed by atoms with van der Waals surface area (Å²) in [5, 5.41) is 6.15. The maximum absolute atomic E-state index is 11.9. The molecule has 1 saturated heterocycles. The number of imidazole rings is 1. The van der Waals surface area contributed by atoms with Crippen LogP contribution in [0.4, 0.5) is 5.82 Å². The van der Waals surface area contributed by atoms with E-state index in [1.54, 1.807) is 0 Å². The van der Waals surface area contributed by atoms with E-state index in [9.17, 15) is 42.9 Å². The third-order valence-electron chi connectivity index (χ3n) is 15.0. The van der Waals surface area contributed by atoms with Gasteiger partial charge in [0.25, 0.3) is 7.82 Å². The van der Waals surface area contributed by atoms with Gasteiger partial charge >= 0.3 is 0 Å². The minimum Gasteiger partial charge on any atom is -0.778 e. The molecular formula is C59H127N9O14P4. The van der Waals surface area contributed by atoms with Crippen LogP contribution in [0, 0.1) is 0 Å². The van der Waals surface area contributed by atoms with Gasteiger partial charge in [-0.15, -0.1) is 0 Å². The van der Waals surface area contributed by atoms with Gasteiger partial charge in [-0.1, -0.05) is 160 Å². The zero-order chi connectivity index (χ0) is 65.5. The highest BCUT2D eigenvalue weighted by atomic mass is 31.3. The number of ether oxygens (including phenoxy) is 1. The quantitative estimate of drug-likeness (QED) is 0.0376. The number of aromatic nitrogens is 4. The van der Waals surface area contributed by atoms with E-state index in [0.29, 0.717) is 0 Å². The van der Waals surface area contributed by atoms with Crippen molar-refractivity contribution in [3.8, 4) is 0 Å². The molecule has 0 saturated carbocycles. The summed E-state index contributed by atoms with van der Waals surface area (Å²) in [7, 11) is -25.4. The van der Waals surface area contributed by atoms with E-state index in [4.69, 9.17) is 20.3 Å². The zero-order valence-electron chi connectivity index (χ0n) is 55.8. The molecule has 2 aromatic heterocycles. The molecule has 23 nitrogen and oxygen atoms in total. The second-order valence-electron chi connectivity index (χ2n) is 23.1. The van der Waals surface area contributed by atoms with Crippen molar-refractivity contribution in [2.75, 3.05) is 90.9 Å². The van der Waals surface area contributed by atoms with Gasteiger partial charge in [-0.3, -0.25) is 13.4 Å². The number of nitrogens with one attached hydrogen (secondary N) is 4. The van der Waals surface area contributed by atoms with Crippen LogP contribution in [-0.4, -0.2) is 137 Å². The summed E-state index contributed by atoms with van der Waals surface area (Å²) in [5.74, 6) is 0.0583. The molecule has 1 aliphatic rings. The van der Waals surface area contributed by atoms with E-state index in [0.717, 1.165) is 6.33 Å². The number of phosphoric ester groups is 1. The zero-order valence-corrected chi connectivity index (χ0v) is 59.4. The van der Waals surface area contributed by atoms with Gasteiger partial charge in [0, 0.05) is 6.42 Å². The molecule has 1 aliphatic heterocycles. The Morgan fingerprint density at radius 2 is 0.826 bits per heavy atom. The maximum Gasteiger partial charge on any atom is 0.272 e. The molecule has 0 amide bonds. The average molecular weight is 1310 g/mol. The van der Waals surface area contributed by atoms with E-state index in [-0.39, 0.29) is 23.4 Å². The molecule has 4 unspecified atom stereocenters. The summed E-state index contributed by atoms with van der Waals surface area (Å²) >= 11 is 0. The number of nitrogens with two attached hydrogens (primary N) is 1. The molecule has 0 bridgehead atoms. The predicted octanol–water partition coefficient (Wildman–Crippen LogP) is 5.57. The standard InChI is InChI=1S/4C12H27N.C11H19N5O14P4/c4*1-4-7-10-13(11-8-5-2)12-9-6-3;12-9-8-10(14-3-13-9)16(4-15-8)7-1-5(17)6(29-7)2-28-34(26,27)30-33(24,25)11(31(18,19)20)32(21,22)23/h4*4-12H2,1-3H3;3-7,11,17H,1-2H2,(H,24,25)(H,26,27)(H2,12,13,14)(H2,18,19,20)(H2,21,22,23)/t;;;;5-,6+,7+/m....0/s1. The van der Waals surface area contributed by atoms with Crippen LogP contribution in [0.2, 0.25) is 0 Å². The number of unbranched alkanes of at least 4 members (excludes halogenated alkanes) is 12. The number of rotatable bonds is 45. The summed E-state index contributed by atoms with van der Waals surface area (Å²) in [6.07, 6.45) is 31.6. The van der Waals surface area contributed by atoms with E-state index >= 15 is 0 Å². The number of hydrogen-bond acceptors (Lipinski definition) is 16. The van der Waals surface area contributed by atoms with Crippen molar-refractivity contribution in [2.45, 2.75) is 267 Å². The monoisotopic (exact) mass is 1310 g/mol. The second kappa shape index (κ2) is 52.2. The van der Waals surface area contributed by atoms with Gasteiger partial charge < -0.3 is 82.8 Å². The SMILES string of the molecule is CCCC[NH+](CCCC)CCCC.CCCC[NH+](CCCC)CCCC.CCCC[NH+](CCCC)CCCC.CCCC[NH+](CCCC)CCCC.Nc1ncnc2c1ncn2[C@H]1C[C@H](O)[C@@H](COP(=O)([O-])OP(=O)([O-])C(P(=O)([O-])O)P(=O)([O-])O)O1. The van der Waals surface area contributed by atoms with E-state index < -0.39 is 60.8 Å². The molecule has 0 radical (unpaired) electrons. The molecule has 86 heavy (non-hydrogen) atoms. The highest BCUT2D eigenvalue weighted by Crippen LogP contribution is 2.74. The van der Waals surface area contributed by atoms with Crippen LogP contribution in [0.5, 0.6) is 0 Å². The Hall–Kier alpha value is -1.29. The molecule has 0 aliphatic carbocycles. The van der Waals surface area contributed by atoms with Crippen LogP contribution in [0.1, 0.15) is 250 Å². The van der Waals surface area contributed by atoms with Crippen molar-refractivity contribution in [2.24, 2.45) is 0 Å². The number of hydrogen-bond donors (Lipinski definition) is 8. The van der Waals surface area contributed by atoms with E-state index in [1.165, 1.54) is 244 Å². The summed E-state index contributed by atoms with van der Waals surface area (Å²) < 4.78 is 60.5. The van der Waals surface area contributed by atoms with Gasteiger partial charge in [-0.05, 0) is 77.0 Å². The van der Waals surface area contributed by atoms with Crippen LogP contribution < -0.4 is 44.9 Å². The number of anilines is 1. The van der Waals surface area contributed by atoms with E-state index in [1.807, 2.05) is 19.6 Å². The topological polar surface area (TPSA) is 336 Å². The van der Waals surface area contributed by atoms with E-state index in [2.05, 4.69) is 107 Å². The fourth-order valence-electron chi connectivity index (χ4n) is 9.65. The number of aliphatic hydroxyl groups is 1. The third kappa shape index (κ3) is 41.2. The Morgan fingerprint density at radius 3 is 1.09 bits per heavy atom. The largest absolute Gasteiger partial charge is 0.778 e. The lowest BCUT2D eigenvalue weighted by atomic mass is 10.2. The number of fused-ring (bicyclic) bond motifs is 1. The first kappa shape index (κ1) is 86.8. The van der Waals surface area contributed by atoms with Crippen LogP contribution in [0.25, 0.3) is 11.2 Å². The van der Waals surface area contributed by atoms with Crippen LogP contribution in [-0.2, 0) is 31.8 Å². The maximum atomic E-state index is 11.9. The molecular weight excluding hydrogens is 1180 g/mol. The van der Waals surface area contributed by atoms with Crippen molar-refractivity contribution in [3.63, 3.8) is 0 Å². The van der Waals surface area contributed by atoms with Gasteiger partial charge in [-0.25, -0.2) is 15.0 Å². The molecule has 0 aromatic carbocycles. The molecule has 7 atom stereocenters. The number of aliphatic hydroxyl groups excluding tert-OH is 1. The van der Waals surface area contributed by atoms with Crippen molar-refractivity contribution in [1.82, 2.24) is 19.5 Å². The highest BCUT2D eigenvalue weighted by molar-refractivity contribution is 7.87. The normalized spacial score (nSPS) is 18.2. The number of phosphoric acid groups is 1. The molecule has 1 fully saturated rings. The summed E-state index contributed by atoms with van der Waals surface area (Å²) in [6.45, 7) is 43.2. The van der Waals surface area contributed by atoms with Gasteiger partial charge in [0.15, 0.2) is 39.4 Å². The molecule has 3 heterocycles. The van der Waals surface area contributed by atoms with Gasteiger partial charge in [0.05, 0.1) is 97.6 Å². The summed E-state index contributed by atoms with van der Waals surface area (Å²) in [5.41, 5.74) is 6.11. The lowest BCUT2D eigenvalue weighted by molar-refractivity contribution is -0.900. The average Bonchev–Trinajstić information content (AvgIpc) is 1.69. The highest BCUT2D eigenvalue weighted by Gasteiger charge is 2.43. The van der Waals surface area contributed by atoms with Crippen molar-refractivity contribution in [1.29, 1.82) is 0 Å². The lowest BCUT2D eigenvalue weighted by Crippen LogP contribution is -3.12. The number of nitrogens with zero attached hydrogens (tertiary/aromatic N) is 4. The Bertz CT molecular complexity index is 1920. The van der Waals surface area contributed by atoms with Crippen molar-refractivity contribution in [3.05, 3.63) is 12.7 Å². The minimum atomic E-state index is -6.57. The molecule has 512 valence electrons. The van der Waals surface area contributed by atoms with Crippen LogP contribution >= 0.6 is 30.6 Å². The molecule has 0 spiro atoms. The first-order chi connectivity index (χ1) is 40.8. The van der Waals surface area contributed by atoms with Gasteiger partial charge in [-0.2, -0.15) is 0 Å². The van der Waals surface area contributed by atoms with Crippen LogP contribution in [0.15, 0.2) is 12.7 Å². The molecule has 3 rings (SSSR count). The van der Waals surface area contributed by atoms with Gasteiger partial charge in [0.2, 0.25) is 0 Å². The first-order valence-electron chi connectivity index (χ1n) is 33.5. The molecule has 9 N–H and O–H groups in total. The Balaban J connectivity index is 0. The second-order valence-corrected chi connectivity index (χ2v) is 31.0. The Kier molecular flexibility index (Phi) is 52.7. The first-order valence-corrected chi connectivity index (χ1v) is 39.8. The summed E-state index contributed by atoms with van der Waals surface area (Å²) in [6, 6.07) is 0. The lowest BCUT2D eigenvalue weighted by Gasteiger charge is -2.43. The Morgan fingerprint density at radius 1 is 0.535 bits per heavy atom. The Labute approximate surface area is 521 Å². The molecule has 27 heteroatoms. The molecule has 2 aromatic rings. The van der Waals surface area contributed by atoms with Crippen LogP contribution in [0.3, 0.4) is 0 Å². The summed E-state index contributed by atoms with van der Waals surface area (Å²) in [4.78, 5) is 82.5. The van der Waals surface area contributed by atoms with Gasteiger partial charge in [0.1, 0.15) is 24.2 Å². The third-order valence-corrected chi connectivity index (χ3v) is 24.1. The number of quaternary nitrogens is 4. The van der Waals surface area contributed by atoms with Crippen molar-refractivity contribution >= 4 is 47.6 Å². The van der Waals surface area contributed by atoms with Crippen molar-refractivity contribution < 1.29 is 85.9 Å². The minimum absolute atomic E-state index is 0.0583. The fraction of sp³-hybridized carbons (Fsp3) is 0.915. The fourth-order valence-corrected chi connectivity index (χ4v) is 16.7. The smallest absolute Gasteiger partial charge is 0.272 e. The number of nitrogen functional groups attached to an aromatic ring is 1.